The molecule has 0 aliphatic carbocycles. The molecule has 0 radical (unpaired) electrons. The highest BCUT2D eigenvalue weighted by Crippen LogP contribution is 2.27. The van der Waals surface area contributed by atoms with Crippen molar-refractivity contribution < 1.29 is 4.74 Å². The van der Waals surface area contributed by atoms with Crippen LogP contribution in [0.3, 0.4) is 0 Å². The first-order valence-corrected chi connectivity index (χ1v) is 6.65. The molecule has 0 aliphatic rings. The molecular formula is C15H26N2O. The molecule has 0 saturated heterocycles. The van der Waals surface area contributed by atoms with Gasteiger partial charge in [0, 0.05) is 6.04 Å². The summed E-state index contributed by atoms with van der Waals surface area (Å²) < 4.78 is 5.44. The fourth-order valence-electron chi connectivity index (χ4n) is 1.89. The first kappa shape index (κ1) is 15.0. The van der Waals surface area contributed by atoms with E-state index in [1.54, 1.807) is 0 Å². The normalized spacial score (nSPS) is 13.4. The van der Waals surface area contributed by atoms with E-state index >= 15 is 0 Å². The van der Waals surface area contributed by atoms with Crippen LogP contribution in [-0.4, -0.2) is 6.61 Å². The second-order valence-corrected chi connectivity index (χ2v) is 5.82. The molecule has 0 aliphatic heterocycles. The smallest absolute Gasteiger partial charge is 0.119 e. The van der Waals surface area contributed by atoms with Gasteiger partial charge in [0.1, 0.15) is 5.75 Å². The lowest BCUT2D eigenvalue weighted by atomic mass is 9.87. The van der Waals surface area contributed by atoms with Crippen LogP contribution in [0, 0.1) is 5.41 Å². The number of benzene rings is 1. The molecule has 3 N–H and O–H groups in total. The SMILES string of the molecule is CCOc1ccc(C(CCC(C)(C)C)NN)cc1. The van der Waals surface area contributed by atoms with Crippen molar-refractivity contribution in [2.45, 2.75) is 46.6 Å². The number of ether oxygens (including phenoxy) is 1. The van der Waals surface area contributed by atoms with Gasteiger partial charge in [-0.05, 0) is 42.9 Å². The molecule has 0 saturated carbocycles. The maximum Gasteiger partial charge on any atom is 0.119 e. The Kier molecular flexibility index (Phi) is 5.63. The zero-order valence-corrected chi connectivity index (χ0v) is 12.0. The molecule has 0 aromatic heterocycles. The van der Waals surface area contributed by atoms with E-state index in [1.165, 1.54) is 5.56 Å². The Balaban J connectivity index is 2.64. The summed E-state index contributed by atoms with van der Waals surface area (Å²) in [6.07, 6.45) is 2.17. The van der Waals surface area contributed by atoms with E-state index in [4.69, 9.17) is 10.6 Å². The number of nitrogens with one attached hydrogen (secondary N) is 1. The van der Waals surface area contributed by atoms with Crippen LogP contribution in [0.25, 0.3) is 0 Å². The molecule has 1 atom stereocenters. The van der Waals surface area contributed by atoms with E-state index in [0.717, 1.165) is 18.6 Å². The van der Waals surface area contributed by atoms with E-state index in [1.807, 2.05) is 19.1 Å². The third-order valence-electron chi connectivity index (χ3n) is 2.98. The van der Waals surface area contributed by atoms with Crippen molar-refractivity contribution in [3.05, 3.63) is 29.8 Å². The van der Waals surface area contributed by atoms with Crippen LogP contribution in [0.4, 0.5) is 0 Å². The number of hydrogen-bond acceptors (Lipinski definition) is 3. The number of rotatable bonds is 6. The minimum atomic E-state index is 0.208. The summed E-state index contributed by atoms with van der Waals surface area (Å²) in [6.45, 7) is 9.43. The Labute approximate surface area is 111 Å². The molecule has 1 aromatic rings. The van der Waals surface area contributed by atoms with Gasteiger partial charge in [0.15, 0.2) is 0 Å². The van der Waals surface area contributed by atoms with Gasteiger partial charge in [-0.25, -0.2) is 0 Å². The average molecular weight is 250 g/mol. The molecule has 102 valence electrons. The summed E-state index contributed by atoms with van der Waals surface area (Å²) in [5.41, 5.74) is 4.45. The second kappa shape index (κ2) is 6.76. The highest BCUT2D eigenvalue weighted by molar-refractivity contribution is 5.29. The predicted octanol–water partition coefficient (Wildman–Crippen LogP) is 3.42. The zero-order chi connectivity index (χ0) is 13.6. The topological polar surface area (TPSA) is 47.3 Å². The Bertz CT molecular complexity index is 341. The molecule has 0 amide bonds. The van der Waals surface area contributed by atoms with Gasteiger partial charge in [0.05, 0.1) is 6.61 Å². The third-order valence-corrected chi connectivity index (χ3v) is 2.98. The first-order valence-electron chi connectivity index (χ1n) is 6.65. The molecule has 1 rings (SSSR count). The molecule has 0 fully saturated rings. The fraction of sp³-hybridized carbons (Fsp3) is 0.600. The largest absolute Gasteiger partial charge is 0.494 e. The number of hydrazine groups is 1. The van der Waals surface area contributed by atoms with Crippen molar-refractivity contribution in [3.63, 3.8) is 0 Å². The van der Waals surface area contributed by atoms with Crippen molar-refractivity contribution in [2.24, 2.45) is 11.3 Å². The molecule has 18 heavy (non-hydrogen) atoms. The second-order valence-electron chi connectivity index (χ2n) is 5.82. The van der Waals surface area contributed by atoms with E-state index in [9.17, 15) is 0 Å². The van der Waals surface area contributed by atoms with Gasteiger partial charge in [-0.1, -0.05) is 32.9 Å². The first-order chi connectivity index (χ1) is 8.46. The maximum absolute atomic E-state index is 5.65. The van der Waals surface area contributed by atoms with Crippen molar-refractivity contribution in [3.8, 4) is 5.75 Å². The van der Waals surface area contributed by atoms with E-state index < -0.39 is 0 Å². The van der Waals surface area contributed by atoms with Crippen LogP contribution in [0.15, 0.2) is 24.3 Å². The minimum absolute atomic E-state index is 0.208. The maximum atomic E-state index is 5.65. The molecule has 0 bridgehead atoms. The average Bonchev–Trinajstić information content (AvgIpc) is 2.31. The van der Waals surface area contributed by atoms with Crippen LogP contribution in [0.2, 0.25) is 0 Å². The Hall–Kier alpha value is -1.06. The minimum Gasteiger partial charge on any atom is -0.494 e. The van der Waals surface area contributed by atoms with Crippen molar-refractivity contribution >= 4 is 0 Å². The number of hydrogen-bond donors (Lipinski definition) is 2. The van der Waals surface area contributed by atoms with E-state index in [-0.39, 0.29) is 6.04 Å². The molecule has 3 heteroatoms. The summed E-state index contributed by atoms with van der Waals surface area (Å²) in [5.74, 6) is 6.56. The number of nitrogens with two attached hydrogens (primary N) is 1. The van der Waals surface area contributed by atoms with Crippen molar-refractivity contribution in [2.75, 3.05) is 6.61 Å². The molecule has 3 nitrogen and oxygen atoms in total. The van der Waals surface area contributed by atoms with Gasteiger partial charge in [0.25, 0.3) is 0 Å². The summed E-state index contributed by atoms with van der Waals surface area (Å²) >= 11 is 0. The highest BCUT2D eigenvalue weighted by Gasteiger charge is 2.15. The van der Waals surface area contributed by atoms with Gasteiger partial charge in [0.2, 0.25) is 0 Å². The third kappa shape index (κ3) is 5.07. The van der Waals surface area contributed by atoms with Crippen molar-refractivity contribution in [1.82, 2.24) is 5.43 Å². The van der Waals surface area contributed by atoms with Gasteiger partial charge in [-0.15, -0.1) is 0 Å². The lowest BCUT2D eigenvalue weighted by Crippen LogP contribution is -2.28. The summed E-state index contributed by atoms with van der Waals surface area (Å²) in [4.78, 5) is 0. The molecule has 1 aromatic carbocycles. The fourth-order valence-corrected chi connectivity index (χ4v) is 1.89. The van der Waals surface area contributed by atoms with Crippen LogP contribution in [0.5, 0.6) is 5.75 Å². The lowest BCUT2D eigenvalue weighted by molar-refractivity contribution is 0.331. The monoisotopic (exact) mass is 250 g/mol. The Morgan fingerprint density at radius 2 is 1.83 bits per heavy atom. The van der Waals surface area contributed by atoms with Crippen LogP contribution in [-0.2, 0) is 0 Å². The van der Waals surface area contributed by atoms with E-state index in [2.05, 4.69) is 38.3 Å². The van der Waals surface area contributed by atoms with Gasteiger partial charge < -0.3 is 4.74 Å². The molecular weight excluding hydrogens is 224 g/mol. The van der Waals surface area contributed by atoms with E-state index in [0.29, 0.717) is 12.0 Å². The summed E-state index contributed by atoms with van der Waals surface area (Å²) in [7, 11) is 0. The highest BCUT2D eigenvalue weighted by atomic mass is 16.5. The van der Waals surface area contributed by atoms with Crippen LogP contribution >= 0.6 is 0 Å². The standard InChI is InChI=1S/C15H26N2O/c1-5-18-13-8-6-12(7-9-13)14(17-16)10-11-15(2,3)4/h6-9,14,17H,5,10-11,16H2,1-4H3. The zero-order valence-electron chi connectivity index (χ0n) is 12.0. The molecule has 0 spiro atoms. The Morgan fingerprint density at radius 1 is 1.22 bits per heavy atom. The predicted molar refractivity (Wildman–Crippen MR) is 76.4 cm³/mol. The Morgan fingerprint density at radius 3 is 2.28 bits per heavy atom. The molecule has 1 unspecified atom stereocenters. The van der Waals surface area contributed by atoms with Gasteiger partial charge in [-0.2, -0.15) is 0 Å². The summed E-state index contributed by atoms with van der Waals surface area (Å²) in [6, 6.07) is 8.37. The van der Waals surface area contributed by atoms with Gasteiger partial charge >= 0.3 is 0 Å². The quantitative estimate of drug-likeness (QED) is 0.601. The lowest BCUT2D eigenvalue weighted by Gasteiger charge is -2.23. The van der Waals surface area contributed by atoms with Crippen molar-refractivity contribution in [1.29, 1.82) is 0 Å². The van der Waals surface area contributed by atoms with Crippen LogP contribution in [0.1, 0.15) is 52.1 Å². The molecule has 0 heterocycles. The van der Waals surface area contributed by atoms with Gasteiger partial charge in [-0.3, -0.25) is 11.3 Å². The van der Waals surface area contributed by atoms with Crippen LogP contribution < -0.4 is 16.0 Å². The summed E-state index contributed by atoms with van der Waals surface area (Å²) in [5, 5.41) is 0.